The van der Waals surface area contributed by atoms with E-state index in [1.54, 1.807) is 6.07 Å². The second-order valence-electron chi connectivity index (χ2n) is 3.80. The van der Waals surface area contributed by atoms with Crippen LogP contribution in [0.1, 0.15) is 11.1 Å². The summed E-state index contributed by atoms with van der Waals surface area (Å²) in [6.45, 7) is 2.05. The Morgan fingerprint density at radius 3 is 2.71 bits per heavy atom. The standard InChI is InChI=1S/C14H11BrN2/c1-10-5-6-14(13(15)7-10)17-12-4-2-3-11(8-12)9-16/h2-8,17H,1H3. The van der Waals surface area contributed by atoms with E-state index < -0.39 is 0 Å². The molecule has 2 nitrogen and oxygen atoms in total. The summed E-state index contributed by atoms with van der Waals surface area (Å²) >= 11 is 3.51. The van der Waals surface area contributed by atoms with Gasteiger partial charge in [0.25, 0.3) is 0 Å². The Morgan fingerprint density at radius 1 is 1.18 bits per heavy atom. The predicted octanol–water partition coefficient (Wildman–Crippen LogP) is 4.37. The first-order valence-corrected chi connectivity index (χ1v) is 6.01. The molecule has 0 aliphatic heterocycles. The second-order valence-corrected chi connectivity index (χ2v) is 4.66. The molecule has 0 amide bonds. The zero-order valence-electron chi connectivity index (χ0n) is 9.37. The highest BCUT2D eigenvalue weighted by atomic mass is 79.9. The van der Waals surface area contributed by atoms with Crippen molar-refractivity contribution in [2.24, 2.45) is 0 Å². The van der Waals surface area contributed by atoms with Crippen LogP contribution in [-0.2, 0) is 0 Å². The molecule has 2 rings (SSSR count). The van der Waals surface area contributed by atoms with Crippen LogP contribution in [0.25, 0.3) is 0 Å². The largest absolute Gasteiger partial charge is 0.355 e. The number of aryl methyl sites for hydroxylation is 1. The molecule has 0 aliphatic carbocycles. The van der Waals surface area contributed by atoms with Crippen molar-refractivity contribution in [2.45, 2.75) is 6.92 Å². The highest BCUT2D eigenvalue weighted by Crippen LogP contribution is 2.26. The van der Waals surface area contributed by atoms with Crippen molar-refractivity contribution >= 4 is 27.3 Å². The molecule has 0 heterocycles. The molecule has 2 aromatic rings. The lowest BCUT2D eigenvalue weighted by molar-refractivity contribution is 1.42. The summed E-state index contributed by atoms with van der Waals surface area (Å²) in [6, 6.07) is 15.6. The van der Waals surface area contributed by atoms with Gasteiger partial charge in [0.05, 0.1) is 17.3 Å². The van der Waals surface area contributed by atoms with Gasteiger partial charge in [0.15, 0.2) is 0 Å². The first kappa shape index (κ1) is 11.7. The van der Waals surface area contributed by atoms with Crippen LogP contribution in [0.15, 0.2) is 46.9 Å². The van der Waals surface area contributed by atoms with Gasteiger partial charge in [-0.15, -0.1) is 0 Å². The van der Waals surface area contributed by atoms with Crippen LogP contribution in [-0.4, -0.2) is 0 Å². The van der Waals surface area contributed by atoms with E-state index in [4.69, 9.17) is 5.26 Å². The lowest BCUT2D eigenvalue weighted by Crippen LogP contribution is -1.92. The molecule has 0 fully saturated rings. The molecule has 0 atom stereocenters. The van der Waals surface area contributed by atoms with E-state index in [0.29, 0.717) is 5.56 Å². The SMILES string of the molecule is Cc1ccc(Nc2cccc(C#N)c2)c(Br)c1. The van der Waals surface area contributed by atoms with Gasteiger partial charge in [0, 0.05) is 10.2 Å². The number of halogens is 1. The van der Waals surface area contributed by atoms with Crippen molar-refractivity contribution in [2.75, 3.05) is 5.32 Å². The highest BCUT2D eigenvalue weighted by Gasteiger charge is 2.01. The Labute approximate surface area is 109 Å². The minimum Gasteiger partial charge on any atom is -0.355 e. The lowest BCUT2D eigenvalue weighted by atomic mass is 10.2. The first-order valence-electron chi connectivity index (χ1n) is 5.22. The molecular weight excluding hydrogens is 276 g/mol. The van der Waals surface area contributed by atoms with E-state index in [1.807, 2.05) is 37.3 Å². The number of nitriles is 1. The Bertz CT molecular complexity index is 585. The van der Waals surface area contributed by atoms with Gasteiger partial charge >= 0.3 is 0 Å². The monoisotopic (exact) mass is 286 g/mol. The maximum Gasteiger partial charge on any atom is 0.0992 e. The lowest BCUT2D eigenvalue weighted by Gasteiger charge is -2.09. The topological polar surface area (TPSA) is 35.8 Å². The molecule has 17 heavy (non-hydrogen) atoms. The van der Waals surface area contributed by atoms with Gasteiger partial charge in [-0.1, -0.05) is 12.1 Å². The minimum absolute atomic E-state index is 0.651. The molecule has 3 heteroatoms. The average molecular weight is 287 g/mol. The van der Waals surface area contributed by atoms with Gasteiger partial charge in [0.1, 0.15) is 0 Å². The summed E-state index contributed by atoms with van der Waals surface area (Å²) in [7, 11) is 0. The van der Waals surface area contributed by atoms with Crippen molar-refractivity contribution < 1.29 is 0 Å². The molecule has 1 N–H and O–H groups in total. The van der Waals surface area contributed by atoms with Crippen LogP contribution in [0.2, 0.25) is 0 Å². The molecule has 0 saturated heterocycles. The first-order chi connectivity index (χ1) is 8.19. The van der Waals surface area contributed by atoms with E-state index >= 15 is 0 Å². The van der Waals surface area contributed by atoms with E-state index in [0.717, 1.165) is 15.8 Å². The zero-order valence-corrected chi connectivity index (χ0v) is 11.0. The molecule has 0 aliphatic rings. The summed E-state index contributed by atoms with van der Waals surface area (Å²) in [6.07, 6.45) is 0. The fourth-order valence-corrected chi connectivity index (χ4v) is 2.14. The summed E-state index contributed by atoms with van der Waals surface area (Å²) < 4.78 is 1.01. The van der Waals surface area contributed by atoms with Crippen molar-refractivity contribution in [1.82, 2.24) is 0 Å². The van der Waals surface area contributed by atoms with Crippen LogP contribution < -0.4 is 5.32 Å². The molecule has 0 aromatic heterocycles. The summed E-state index contributed by atoms with van der Waals surface area (Å²) in [5.74, 6) is 0. The van der Waals surface area contributed by atoms with Crippen molar-refractivity contribution in [1.29, 1.82) is 5.26 Å². The number of benzene rings is 2. The summed E-state index contributed by atoms with van der Waals surface area (Å²) in [5.41, 5.74) is 3.76. The fraction of sp³-hybridized carbons (Fsp3) is 0.0714. The quantitative estimate of drug-likeness (QED) is 0.890. The summed E-state index contributed by atoms with van der Waals surface area (Å²) in [5, 5.41) is 12.1. The predicted molar refractivity (Wildman–Crippen MR) is 73.3 cm³/mol. The Kier molecular flexibility index (Phi) is 3.46. The number of hydrogen-bond donors (Lipinski definition) is 1. The number of nitrogens with zero attached hydrogens (tertiary/aromatic N) is 1. The third kappa shape index (κ3) is 2.86. The second kappa shape index (κ2) is 5.03. The molecule has 2 aromatic carbocycles. The normalized spacial score (nSPS) is 9.71. The third-order valence-corrected chi connectivity index (χ3v) is 3.05. The van der Waals surface area contributed by atoms with E-state index in [1.165, 1.54) is 5.56 Å². The van der Waals surface area contributed by atoms with Gasteiger partial charge in [-0.3, -0.25) is 0 Å². The van der Waals surface area contributed by atoms with Gasteiger partial charge in [-0.25, -0.2) is 0 Å². The van der Waals surface area contributed by atoms with E-state index in [-0.39, 0.29) is 0 Å². The van der Waals surface area contributed by atoms with Crippen LogP contribution in [0.5, 0.6) is 0 Å². The van der Waals surface area contributed by atoms with Crippen molar-refractivity contribution in [3.63, 3.8) is 0 Å². The highest BCUT2D eigenvalue weighted by molar-refractivity contribution is 9.10. The summed E-state index contributed by atoms with van der Waals surface area (Å²) in [4.78, 5) is 0. The van der Waals surface area contributed by atoms with Gasteiger partial charge in [0.2, 0.25) is 0 Å². The molecule has 84 valence electrons. The average Bonchev–Trinajstić information content (AvgIpc) is 2.33. The third-order valence-electron chi connectivity index (χ3n) is 2.40. The minimum atomic E-state index is 0.651. The molecule has 0 bridgehead atoms. The number of nitrogens with one attached hydrogen (secondary N) is 1. The molecule has 0 spiro atoms. The smallest absolute Gasteiger partial charge is 0.0992 e. The Balaban J connectivity index is 2.28. The molecule has 0 saturated carbocycles. The number of rotatable bonds is 2. The van der Waals surface area contributed by atoms with E-state index in [2.05, 4.69) is 33.4 Å². The molecular formula is C14H11BrN2. The molecule has 0 radical (unpaired) electrons. The van der Waals surface area contributed by atoms with Gasteiger partial charge < -0.3 is 5.32 Å². The number of anilines is 2. The van der Waals surface area contributed by atoms with Crippen molar-refractivity contribution in [3.05, 3.63) is 58.1 Å². The van der Waals surface area contributed by atoms with Crippen LogP contribution in [0.4, 0.5) is 11.4 Å². The maximum absolute atomic E-state index is 8.83. The van der Waals surface area contributed by atoms with Crippen LogP contribution >= 0.6 is 15.9 Å². The van der Waals surface area contributed by atoms with Crippen LogP contribution in [0, 0.1) is 18.3 Å². The van der Waals surface area contributed by atoms with Crippen LogP contribution in [0.3, 0.4) is 0 Å². The van der Waals surface area contributed by atoms with Gasteiger partial charge in [-0.2, -0.15) is 5.26 Å². The Morgan fingerprint density at radius 2 is 2.00 bits per heavy atom. The van der Waals surface area contributed by atoms with Crippen molar-refractivity contribution in [3.8, 4) is 6.07 Å². The van der Waals surface area contributed by atoms with E-state index in [9.17, 15) is 0 Å². The van der Waals surface area contributed by atoms with Gasteiger partial charge in [-0.05, 0) is 58.7 Å². The fourth-order valence-electron chi connectivity index (χ4n) is 1.54. The maximum atomic E-state index is 8.83. The molecule has 0 unspecified atom stereocenters. The Hall–Kier alpha value is -1.79. The number of hydrogen-bond acceptors (Lipinski definition) is 2. The zero-order chi connectivity index (χ0) is 12.3.